The number of ether oxygens (including phenoxy) is 2. The van der Waals surface area contributed by atoms with Gasteiger partial charge in [-0.2, -0.15) is 31.4 Å². The Kier molecular flexibility index (Phi) is 7.55. The van der Waals surface area contributed by atoms with Crippen molar-refractivity contribution in [1.29, 1.82) is 0 Å². The third-order valence-corrected chi connectivity index (χ3v) is 4.93. The molecule has 10 heteroatoms. The number of aromatic nitrogens is 2. The summed E-state index contributed by atoms with van der Waals surface area (Å²) in [6, 6.07) is 14.5. The monoisotopic (exact) mass is 472 g/mol. The molecule has 1 aromatic heterocycles. The van der Waals surface area contributed by atoms with Gasteiger partial charge in [0.05, 0.1) is 13.7 Å². The molecule has 0 saturated carbocycles. The number of hydrogen-bond donors (Lipinski definition) is 0. The fraction of sp³-hybridized carbons (Fsp3) is 0.348. The van der Waals surface area contributed by atoms with Gasteiger partial charge < -0.3 is 9.47 Å². The molecule has 0 radical (unpaired) electrons. The summed E-state index contributed by atoms with van der Waals surface area (Å²) in [6.07, 6.45) is -8.18. The molecule has 0 bridgehead atoms. The fourth-order valence-electron chi connectivity index (χ4n) is 3.20. The lowest BCUT2D eigenvalue weighted by Crippen LogP contribution is -2.16. The summed E-state index contributed by atoms with van der Waals surface area (Å²) in [6.45, 7) is 0.140. The number of rotatable bonds is 9. The van der Waals surface area contributed by atoms with Gasteiger partial charge >= 0.3 is 12.4 Å². The number of alkyl halides is 6. The van der Waals surface area contributed by atoms with Gasteiger partial charge in [-0.3, -0.25) is 4.68 Å². The number of aryl methyl sites for hydroxylation is 3. The van der Waals surface area contributed by atoms with Crippen LogP contribution in [0.4, 0.5) is 26.3 Å². The van der Waals surface area contributed by atoms with Crippen molar-refractivity contribution in [2.75, 3.05) is 13.7 Å². The topological polar surface area (TPSA) is 36.3 Å². The average Bonchev–Trinajstić information content (AvgIpc) is 3.22. The van der Waals surface area contributed by atoms with E-state index in [1.807, 2.05) is 24.3 Å². The fourth-order valence-corrected chi connectivity index (χ4v) is 3.20. The van der Waals surface area contributed by atoms with E-state index in [0.29, 0.717) is 22.6 Å². The lowest BCUT2D eigenvalue weighted by molar-refractivity contribution is -0.144. The molecule has 4 nitrogen and oxygen atoms in total. The smallest absolute Gasteiger partial charge is 0.435 e. The minimum absolute atomic E-state index is 0.0306. The van der Waals surface area contributed by atoms with E-state index in [4.69, 9.17) is 9.47 Å². The second-order valence-corrected chi connectivity index (χ2v) is 7.33. The van der Waals surface area contributed by atoms with Gasteiger partial charge in [0.1, 0.15) is 17.2 Å². The third kappa shape index (κ3) is 6.90. The summed E-state index contributed by atoms with van der Waals surface area (Å²) < 4.78 is 88.7. The molecule has 0 aliphatic rings. The Hall–Kier alpha value is -3.17. The van der Waals surface area contributed by atoms with E-state index >= 15 is 0 Å². The van der Waals surface area contributed by atoms with Crippen LogP contribution < -0.4 is 9.47 Å². The minimum atomic E-state index is -4.95. The van der Waals surface area contributed by atoms with Crippen LogP contribution in [0.2, 0.25) is 0 Å². The average molecular weight is 472 g/mol. The van der Waals surface area contributed by atoms with Crippen molar-refractivity contribution in [2.45, 2.75) is 38.2 Å². The SMILES string of the molecule is COc1ccc(CCCOc2ccc(CCn3nc(C(F)(F)F)cc3C(F)(F)F)cc2)cc1. The molecule has 178 valence electrons. The number of halogens is 6. The van der Waals surface area contributed by atoms with Crippen LogP contribution >= 0.6 is 0 Å². The van der Waals surface area contributed by atoms with E-state index in [1.54, 1.807) is 31.4 Å². The Morgan fingerprint density at radius 3 is 1.91 bits per heavy atom. The first-order chi connectivity index (χ1) is 15.6. The molecule has 0 fully saturated rings. The second-order valence-electron chi connectivity index (χ2n) is 7.33. The number of nitrogens with zero attached hydrogens (tertiary/aromatic N) is 2. The van der Waals surface area contributed by atoms with E-state index in [2.05, 4.69) is 5.10 Å². The largest absolute Gasteiger partial charge is 0.497 e. The molecule has 0 atom stereocenters. The van der Waals surface area contributed by atoms with E-state index in [0.717, 1.165) is 24.2 Å². The summed E-state index contributed by atoms with van der Waals surface area (Å²) in [5.41, 5.74) is -1.18. The molecule has 0 saturated heterocycles. The van der Waals surface area contributed by atoms with Crippen molar-refractivity contribution in [3.8, 4) is 11.5 Å². The van der Waals surface area contributed by atoms with Gasteiger partial charge in [0.25, 0.3) is 0 Å². The second kappa shape index (κ2) is 10.2. The van der Waals surface area contributed by atoms with Crippen LogP contribution in [-0.2, 0) is 31.7 Å². The van der Waals surface area contributed by atoms with Crippen molar-refractivity contribution >= 4 is 0 Å². The van der Waals surface area contributed by atoms with Crippen molar-refractivity contribution in [3.05, 3.63) is 77.1 Å². The summed E-state index contributed by atoms with van der Waals surface area (Å²) in [4.78, 5) is 0. The first-order valence-electron chi connectivity index (χ1n) is 10.1. The van der Waals surface area contributed by atoms with Crippen LogP contribution in [0.15, 0.2) is 54.6 Å². The maximum atomic E-state index is 13.1. The zero-order valence-corrected chi connectivity index (χ0v) is 17.7. The van der Waals surface area contributed by atoms with Gasteiger partial charge in [-0.25, -0.2) is 0 Å². The summed E-state index contributed by atoms with van der Waals surface area (Å²) in [5, 5.41) is 3.11. The van der Waals surface area contributed by atoms with Crippen LogP contribution in [0.3, 0.4) is 0 Å². The van der Waals surface area contributed by atoms with Gasteiger partial charge in [-0.05, 0) is 54.7 Å². The van der Waals surface area contributed by atoms with Gasteiger partial charge in [0.2, 0.25) is 0 Å². The minimum Gasteiger partial charge on any atom is -0.497 e. The van der Waals surface area contributed by atoms with Crippen LogP contribution in [0, 0.1) is 0 Å². The highest BCUT2D eigenvalue weighted by Crippen LogP contribution is 2.35. The molecule has 33 heavy (non-hydrogen) atoms. The summed E-state index contributed by atoms with van der Waals surface area (Å²) in [5.74, 6) is 1.39. The van der Waals surface area contributed by atoms with Gasteiger partial charge in [-0.1, -0.05) is 24.3 Å². The first kappa shape index (κ1) is 24.5. The molecule has 0 unspecified atom stereocenters. The normalized spacial score (nSPS) is 12.1. The van der Waals surface area contributed by atoms with Gasteiger partial charge in [0.15, 0.2) is 5.69 Å². The van der Waals surface area contributed by atoms with Crippen molar-refractivity contribution in [1.82, 2.24) is 9.78 Å². The molecule has 0 aliphatic carbocycles. The third-order valence-electron chi connectivity index (χ3n) is 4.93. The molecule has 0 amide bonds. The Morgan fingerprint density at radius 2 is 1.36 bits per heavy atom. The highest BCUT2D eigenvalue weighted by atomic mass is 19.4. The van der Waals surface area contributed by atoms with Gasteiger partial charge in [-0.15, -0.1) is 0 Å². The van der Waals surface area contributed by atoms with Crippen LogP contribution in [0.1, 0.15) is 28.9 Å². The Labute approximate surface area is 186 Å². The molecule has 0 spiro atoms. The standard InChI is InChI=1S/C23H22F6N2O2/c1-32-18-8-4-16(5-9-18)3-2-14-33-19-10-6-17(7-11-19)12-13-31-21(23(27,28)29)15-20(30-31)22(24,25)26/h4-11,15H,2-3,12-14H2,1H3. The summed E-state index contributed by atoms with van der Waals surface area (Å²) >= 11 is 0. The number of methoxy groups -OCH3 is 1. The maximum absolute atomic E-state index is 13.1. The molecule has 0 N–H and O–H groups in total. The van der Waals surface area contributed by atoms with Crippen LogP contribution in [0.5, 0.6) is 11.5 Å². The van der Waals surface area contributed by atoms with E-state index in [1.165, 1.54) is 0 Å². The first-order valence-corrected chi connectivity index (χ1v) is 10.1. The molecule has 3 rings (SSSR count). The van der Waals surface area contributed by atoms with Crippen LogP contribution in [-0.4, -0.2) is 23.5 Å². The zero-order chi connectivity index (χ0) is 24.1. The van der Waals surface area contributed by atoms with Crippen molar-refractivity contribution in [2.24, 2.45) is 0 Å². The lowest BCUT2D eigenvalue weighted by Gasteiger charge is -2.11. The predicted octanol–water partition coefficient (Wildman–Crippen LogP) is 6.18. The molecule has 0 aliphatic heterocycles. The molecular weight excluding hydrogens is 450 g/mol. The predicted molar refractivity (Wildman–Crippen MR) is 109 cm³/mol. The van der Waals surface area contributed by atoms with E-state index in [9.17, 15) is 26.3 Å². The highest BCUT2D eigenvalue weighted by molar-refractivity contribution is 5.28. The Balaban J connectivity index is 1.51. The van der Waals surface area contributed by atoms with Crippen molar-refractivity contribution in [3.63, 3.8) is 0 Å². The lowest BCUT2D eigenvalue weighted by atomic mass is 10.1. The van der Waals surface area contributed by atoms with Crippen LogP contribution in [0.25, 0.3) is 0 Å². The van der Waals surface area contributed by atoms with E-state index in [-0.39, 0.29) is 19.0 Å². The molecule has 1 heterocycles. The molecule has 3 aromatic rings. The number of hydrogen-bond acceptors (Lipinski definition) is 3. The molecule has 2 aromatic carbocycles. The quantitative estimate of drug-likeness (QED) is 0.276. The van der Waals surface area contributed by atoms with Crippen molar-refractivity contribution < 1.29 is 35.8 Å². The van der Waals surface area contributed by atoms with E-state index < -0.39 is 23.7 Å². The van der Waals surface area contributed by atoms with Gasteiger partial charge in [0, 0.05) is 12.6 Å². The highest BCUT2D eigenvalue weighted by Gasteiger charge is 2.41. The Bertz CT molecular complexity index is 1030. The molecular formula is C23H22F6N2O2. The number of benzene rings is 2. The zero-order valence-electron chi connectivity index (χ0n) is 17.7. The summed E-state index contributed by atoms with van der Waals surface area (Å²) in [7, 11) is 1.61. The Morgan fingerprint density at radius 1 is 0.788 bits per heavy atom. The maximum Gasteiger partial charge on any atom is 0.435 e.